The number of nitrogens with zero attached hydrogens (tertiary/aromatic N) is 2. The minimum absolute atomic E-state index is 0.0564. The van der Waals surface area contributed by atoms with Crippen LogP contribution < -0.4 is 0 Å². The smallest absolute Gasteiger partial charge is 0.139 e. The Hall–Kier alpha value is -1.46. The standard InChI is InChI=1S/C15H16N2OS2/c1-11-5-3-7-17-9-13(16-15(11)17)10-20(18)12(2)14-6-4-8-19-14/h3-9,12H,10H2,1-2H3/t12-,20-/m0/s1. The van der Waals surface area contributed by atoms with Crippen molar-refractivity contribution >= 4 is 27.8 Å². The molecule has 3 nitrogen and oxygen atoms in total. The highest BCUT2D eigenvalue weighted by Crippen LogP contribution is 2.25. The summed E-state index contributed by atoms with van der Waals surface area (Å²) in [4.78, 5) is 5.76. The van der Waals surface area contributed by atoms with Gasteiger partial charge in [0.15, 0.2) is 0 Å². The van der Waals surface area contributed by atoms with Crippen LogP contribution in [0.3, 0.4) is 0 Å². The molecule has 5 heteroatoms. The highest BCUT2D eigenvalue weighted by Gasteiger charge is 2.16. The summed E-state index contributed by atoms with van der Waals surface area (Å²) in [6, 6.07) is 8.08. The van der Waals surface area contributed by atoms with Crippen molar-refractivity contribution < 1.29 is 4.21 Å². The van der Waals surface area contributed by atoms with Crippen LogP contribution in [-0.4, -0.2) is 13.6 Å². The van der Waals surface area contributed by atoms with Crippen LogP contribution in [0.15, 0.2) is 42.0 Å². The molecule has 3 aromatic heterocycles. The van der Waals surface area contributed by atoms with Gasteiger partial charge in [0.1, 0.15) is 5.65 Å². The van der Waals surface area contributed by atoms with Crippen LogP contribution in [0.4, 0.5) is 0 Å². The lowest BCUT2D eigenvalue weighted by molar-refractivity contribution is 0.675. The lowest BCUT2D eigenvalue weighted by atomic mass is 10.3. The van der Waals surface area contributed by atoms with E-state index in [-0.39, 0.29) is 5.25 Å². The molecule has 2 atom stereocenters. The van der Waals surface area contributed by atoms with Crippen molar-refractivity contribution in [1.29, 1.82) is 0 Å². The SMILES string of the molecule is Cc1cccn2cc(C[S@](=O)[C@@H](C)c3cccs3)nc12. The van der Waals surface area contributed by atoms with E-state index in [9.17, 15) is 4.21 Å². The van der Waals surface area contributed by atoms with Gasteiger partial charge < -0.3 is 4.40 Å². The molecule has 0 bridgehead atoms. The first-order valence-electron chi connectivity index (χ1n) is 6.49. The molecular formula is C15H16N2OS2. The highest BCUT2D eigenvalue weighted by atomic mass is 32.2. The van der Waals surface area contributed by atoms with Crippen molar-refractivity contribution in [1.82, 2.24) is 9.38 Å². The summed E-state index contributed by atoms with van der Waals surface area (Å²) in [6.07, 6.45) is 3.95. The third kappa shape index (κ3) is 2.55. The zero-order chi connectivity index (χ0) is 14.1. The van der Waals surface area contributed by atoms with Crippen LogP contribution in [0.2, 0.25) is 0 Å². The third-order valence-electron chi connectivity index (χ3n) is 3.36. The number of aryl methyl sites for hydroxylation is 1. The van der Waals surface area contributed by atoms with Gasteiger partial charge in [-0.2, -0.15) is 0 Å². The van der Waals surface area contributed by atoms with Crippen LogP contribution in [0, 0.1) is 6.92 Å². The molecule has 3 aromatic rings. The average molecular weight is 304 g/mol. The first-order valence-corrected chi connectivity index (χ1v) is 8.75. The van der Waals surface area contributed by atoms with Gasteiger partial charge in [-0.05, 0) is 36.9 Å². The lowest BCUT2D eigenvalue weighted by Crippen LogP contribution is -2.04. The van der Waals surface area contributed by atoms with Gasteiger partial charge in [-0.15, -0.1) is 11.3 Å². The van der Waals surface area contributed by atoms with E-state index in [1.54, 1.807) is 11.3 Å². The maximum absolute atomic E-state index is 12.4. The highest BCUT2D eigenvalue weighted by molar-refractivity contribution is 7.84. The molecule has 0 N–H and O–H groups in total. The summed E-state index contributed by atoms with van der Waals surface area (Å²) in [5.41, 5.74) is 2.97. The molecule has 0 saturated heterocycles. The summed E-state index contributed by atoms with van der Waals surface area (Å²) in [6.45, 7) is 4.06. The number of hydrogen-bond acceptors (Lipinski definition) is 3. The Balaban J connectivity index is 1.82. The number of fused-ring (bicyclic) bond motifs is 1. The van der Waals surface area contributed by atoms with Gasteiger partial charge in [-0.25, -0.2) is 4.98 Å². The van der Waals surface area contributed by atoms with Gasteiger partial charge in [-0.3, -0.25) is 4.21 Å². The van der Waals surface area contributed by atoms with Crippen LogP contribution in [0.5, 0.6) is 0 Å². The molecule has 0 aromatic carbocycles. The average Bonchev–Trinajstić information content (AvgIpc) is 3.06. The maximum Gasteiger partial charge on any atom is 0.139 e. The van der Waals surface area contributed by atoms with E-state index >= 15 is 0 Å². The van der Waals surface area contributed by atoms with Gasteiger partial charge in [0.25, 0.3) is 0 Å². The fourth-order valence-electron chi connectivity index (χ4n) is 2.20. The predicted molar refractivity (Wildman–Crippen MR) is 84.5 cm³/mol. The van der Waals surface area contributed by atoms with E-state index in [2.05, 4.69) is 4.98 Å². The topological polar surface area (TPSA) is 34.4 Å². The molecule has 104 valence electrons. The van der Waals surface area contributed by atoms with Gasteiger partial charge in [0, 0.05) is 28.1 Å². The molecule has 0 radical (unpaired) electrons. The Morgan fingerprint density at radius 2 is 2.25 bits per heavy atom. The van der Waals surface area contributed by atoms with Gasteiger partial charge in [0.2, 0.25) is 0 Å². The molecule has 0 amide bonds. The molecule has 20 heavy (non-hydrogen) atoms. The summed E-state index contributed by atoms with van der Waals surface area (Å²) in [7, 11) is -0.944. The van der Waals surface area contributed by atoms with Crippen LogP contribution in [-0.2, 0) is 16.6 Å². The normalized spacial score (nSPS) is 14.5. The van der Waals surface area contributed by atoms with Crippen molar-refractivity contribution in [2.45, 2.75) is 24.9 Å². The molecule has 0 unspecified atom stereocenters. The quantitative estimate of drug-likeness (QED) is 0.736. The monoisotopic (exact) mass is 304 g/mol. The Morgan fingerprint density at radius 1 is 1.40 bits per heavy atom. The zero-order valence-corrected chi connectivity index (χ0v) is 13.1. The number of imidazole rings is 1. The number of thiophene rings is 1. The number of aromatic nitrogens is 2. The van der Waals surface area contributed by atoms with Crippen molar-refractivity contribution in [3.63, 3.8) is 0 Å². The van der Waals surface area contributed by atoms with E-state index in [4.69, 9.17) is 0 Å². The van der Waals surface area contributed by atoms with E-state index in [0.717, 1.165) is 16.9 Å². The second-order valence-electron chi connectivity index (χ2n) is 4.84. The fraction of sp³-hybridized carbons (Fsp3) is 0.267. The van der Waals surface area contributed by atoms with Crippen LogP contribution in [0.1, 0.15) is 28.3 Å². The largest absolute Gasteiger partial charge is 0.307 e. The summed E-state index contributed by atoms with van der Waals surface area (Å²) in [5, 5.41) is 2.08. The van der Waals surface area contributed by atoms with Crippen molar-refractivity contribution in [3.05, 3.63) is 58.2 Å². The minimum atomic E-state index is -0.944. The summed E-state index contributed by atoms with van der Waals surface area (Å²) >= 11 is 1.66. The second-order valence-corrected chi connectivity index (χ2v) is 7.57. The summed E-state index contributed by atoms with van der Waals surface area (Å²) < 4.78 is 14.4. The second kappa shape index (κ2) is 5.50. The molecule has 0 spiro atoms. The van der Waals surface area contributed by atoms with Gasteiger partial charge >= 0.3 is 0 Å². The van der Waals surface area contributed by atoms with E-state index in [0.29, 0.717) is 5.75 Å². The molecule has 0 aliphatic heterocycles. The number of rotatable bonds is 4. The Labute approximate surface area is 124 Å². The molecule has 3 rings (SSSR count). The molecule has 0 fully saturated rings. The van der Waals surface area contributed by atoms with Crippen LogP contribution in [0.25, 0.3) is 5.65 Å². The molecular weight excluding hydrogens is 288 g/mol. The van der Waals surface area contributed by atoms with Crippen molar-refractivity contribution in [2.75, 3.05) is 0 Å². The molecule has 0 aliphatic rings. The Bertz CT molecular complexity index is 746. The molecule has 0 aliphatic carbocycles. The van der Waals surface area contributed by atoms with Crippen LogP contribution >= 0.6 is 11.3 Å². The van der Waals surface area contributed by atoms with Crippen molar-refractivity contribution in [3.8, 4) is 0 Å². The third-order valence-corrected chi connectivity index (χ3v) is 6.18. The number of pyridine rings is 1. The predicted octanol–water partition coefficient (Wildman–Crippen LogP) is 3.71. The molecule has 0 saturated carbocycles. The first kappa shape index (κ1) is 13.5. The minimum Gasteiger partial charge on any atom is -0.307 e. The van der Waals surface area contributed by atoms with Crippen molar-refractivity contribution in [2.24, 2.45) is 0 Å². The van der Waals surface area contributed by atoms with E-state index in [1.807, 2.05) is 60.3 Å². The Kier molecular flexibility index (Phi) is 3.72. The fourth-order valence-corrected chi connectivity index (χ4v) is 4.37. The lowest BCUT2D eigenvalue weighted by Gasteiger charge is -2.07. The van der Waals surface area contributed by atoms with Gasteiger partial charge in [-0.1, -0.05) is 12.1 Å². The Morgan fingerprint density at radius 3 is 2.95 bits per heavy atom. The van der Waals surface area contributed by atoms with E-state index in [1.165, 1.54) is 4.88 Å². The number of hydrogen-bond donors (Lipinski definition) is 0. The first-order chi connectivity index (χ1) is 9.65. The maximum atomic E-state index is 12.4. The molecule has 3 heterocycles. The van der Waals surface area contributed by atoms with E-state index < -0.39 is 10.8 Å². The van der Waals surface area contributed by atoms with Gasteiger partial charge in [0.05, 0.1) is 16.7 Å². The zero-order valence-electron chi connectivity index (χ0n) is 11.4. The summed E-state index contributed by atoms with van der Waals surface area (Å²) in [5.74, 6) is 0.500.